The third kappa shape index (κ3) is 8.36. The molecule has 2 aliphatic rings. The number of carbonyl (C=O) groups excluding carboxylic acids is 4. The molecule has 178 valence electrons. The highest BCUT2D eigenvalue weighted by atomic mass is 16.5. The minimum atomic E-state index is -0.296. The highest BCUT2D eigenvalue weighted by Gasteiger charge is 2.23. The van der Waals surface area contributed by atoms with Crippen molar-refractivity contribution >= 4 is 23.5 Å². The fourth-order valence-electron chi connectivity index (χ4n) is 4.55. The van der Waals surface area contributed by atoms with Gasteiger partial charge in [0.05, 0.1) is 13.2 Å². The Kier molecular flexibility index (Phi) is 11.4. The van der Waals surface area contributed by atoms with Crippen molar-refractivity contribution in [1.29, 1.82) is 0 Å². The molecule has 0 aromatic heterocycles. The van der Waals surface area contributed by atoms with Crippen molar-refractivity contribution < 1.29 is 28.7 Å². The second kappa shape index (κ2) is 14.0. The molecule has 2 aliphatic carbocycles. The van der Waals surface area contributed by atoms with Crippen molar-refractivity contribution in [1.82, 2.24) is 0 Å². The Morgan fingerprint density at radius 1 is 0.656 bits per heavy atom. The number of ether oxygens (including phenoxy) is 2. The molecule has 0 unspecified atom stereocenters. The Balaban J connectivity index is 2.10. The van der Waals surface area contributed by atoms with E-state index in [-0.39, 0.29) is 23.5 Å². The van der Waals surface area contributed by atoms with Gasteiger partial charge < -0.3 is 9.47 Å². The van der Waals surface area contributed by atoms with Crippen molar-refractivity contribution in [2.24, 2.45) is 0 Å². The monoisotopic (exact) mass is 446 g/mol. The van der Waals surface area contributed by atoms with Gasteiger partial charge in [0, 0.05) is 36.8 Å². The molecular weight excluding hydrogens is 408 g/mol. The molecule has 0 aromatic carbocycles. The van der Waals surface area contributed by atoms with Gasteiger partial charge in [-0.25, -0.2) is 9.59 Å². The smallest absolute Gasteiger partial charge is 0.333 e. The molecule has 0 saturated heterocycles. The summed E-state index contributed by atoms with van der Waals surface area (Å²) in [5.74, 6) is -0.232. The summed E-state index contributed by atoms with van der Waals surface area (Å²) in [4.78, 5) is 49.4. The van der Waals surface area contributed by atoms with Gasteiger partial charge in [0.2, 0.25) is 0 Å². The molecule has 0 bridgehead atoms. The van der Waals surface area contributed by atoms with Crippen molar-refractivity contribution in [2.45, 2.75) is 104 Å². The molecule has 0 fully saturated rings. The molecule has 6 heteroatoms. The molecule has 0 spiro atoms. The summed E-state index contributed by atoms with van der Waals surface area (Å²) in [6, 6.07) is 0. The zero-order valence-electron chi connectivity index (χ0n) is 19.8. The van der Waals surface area contributed by atoms with Gasteiger partial charge in [0.15, 0.2) is 0 Å². The minimum absolute atomic E-state index is 0.180. The summed E-state index contributed by atoms with van der Waals surface area (Å²) >= 11 is 0. The number of Topliss-reactive ketones (excluding diaryl/α,β-unsaturated/α-hetero) is 2. The van der Waals surface area contributed by atoms with E-state index in [1.807, 2.05) is 0 Å². The van der Waals surface area contributed by atoms with E-state index >= 15 is 0 Å². The van der Waals surface area contributed by atoms with Crippen LogP contribution in [0.2, 0.25) is 0 Å². The molecule has 0 saturated carbocycles. The van der Waals surface area contributed by atoms with Crippen molar-refractivity contribution in [3.8, 4) is 0 Å². The molecule has 0 amide bonds. The van der Waals surface area contributed by atoms with Crippen LogP contribution in [0.25, 0.3) is 0 Å². The van der Waals surface area contributed by atoms with E-state index in [9.17, 15) is 19.2 Å². The van der Waals surface area contributed by atoms with E-state index in [1.54, 1.807) is 13.8 Å². The number of esters is 2. The van der Waals surface area contributed by atoms with Gasteiger partial charge in [-0.2, -0.15) is 0 Å². The van der Waals surface area contributed by atoms with E-state index in [1.165, 1.54) is 0 Å². The second-order valence-corrected chi connectivity index (χ2v) is 8.66. The van der Waals surface area contributed by atoms with Gasteiger partial charge in [-0.05, 0) is 78.1 Å². The fraction of sp³-hybridized carbons (Fsp3) is 0.692. The largest absolute Gasteiger partial charge is 0.463 e. The lowest BCUT2D eigenvalue weighted by Crippen LogP contribution is -2.15. The number of carbonyl (C=O) groups is 4. The number of hydrogen-bond acceptors (Lipinski definition) is 6. The quantitative estimate of drug-likeness (QED) is 0.351. The summed E-state index contributed by atoms with van der Waals surface area (Å²) in [6.45, 7) is 4.22. The maximum atomic E-state index is 12.5. The zero-order chi connectivity index (χ0) is 23.3. The van der Waals surface area contributed by atoms with Gasteiger partial charge in [0.1, 0.15) is 11.6 Å². The highest BCUT2D eigenvalue weighted by molar-refractivity contribution is 5.92. The van der Waals surface area contributed by atoms with Crippen molar-refractivity contribution in [2.75, 3.05) is 13.2 Å². The first-order valence-corrected chi connectivity index (χ1v) is 12.3. The molecule has 2 rings (SSSR count). The maximum absolute atomic E-state index is 12.5. The van der Waals surface area contributed by atoms with Crippen molar-refractivity contribution in [3.63, 3.8) is 0 Å². The molecular formula is C26H38O6. The summed E-state index contributed by atoms with van der Waals surface area (Å²) in [5, 5.41) is 0. The maximum Gasteiger partial charge on any atom is 0.333 e. The fourth-order valence-corrected chi connectivity index (χ4v) is 4.55. The number of allylic oxidation sites excluding steroid dienone is 2. The summed E-state index contributed by atoms with van der Waals surface area (Å²) < 4.78 is 10.5. The molecule has 0 heterocycles. The van der Waals surface area contributed by atoms with E-state index in [4.69, 9.17) is 9.47 Å². The van der Waals surface area contributed by atoms with Crippen LogP contribution in [0.5, 0.6) is 0 Å². The Bertz CT molecular complexity index is 694. The van der Waals surface area contributed by atoms with Crippen LogP contribution in [0, 0.1) is 0 Å². The first-order valence-electron chi connectivity index (χ1n) is 12.3. The van der Waals surface area contributed by atoms with E-state index in [2.05, 4.69) is 0 Å². The predicted molar refractivity (Wildman–Crippen MR) is 122 cm³/mol. The Morgan fingerprint density at radius 2 is 1.03 bits per heavy atom. The minimum Gasteiger partial charge on any atom is -0.463 e. The third-order valence-corrected chi connectivity index (χ3v) is 6.19. The van der Waals surface area contributed by atoms with Crippen LogP contribution >= 0.6 is 0 Å². The molecule has 0 radical (unpaired) electrons. The average molecular weight is 447 g/mol. The van der Waals surface area contributed by atoms with Gasteiger partial charge in [-0.3, -0.25) is 9.59 Å². The first kappa shape index (κ1) is 26.0. The molecule has 0 atom stereocenters. The number of ketones is 2. The lowest BCUT2D eigenvalue weighted by atomic mass is 9.87. The number of rotatable bonds is 9. The normalized spacial score (nSPS) is 23.1. The third-order valence-electron chi connectivity index (χ3n) is 6.19. The zero-order valence-corrected chi connectivity index (χ0v) is 19.8. The Hall–Kier alpha value is -2.24. The van der Waals surface area contributed by atoms with Crippen LogP contribution in [0.15, 0.2) is 22.3 Å². The molecule has 32 heavy (non-hydrogen) atoms. The predicted octanol–water partition coefficient (Wildman–Crippen LogP) is 5.33. The van der Waals surface area contributed by atoms with Crippen molar-refractivity contribution in [3.05, 3.63) is 22.3 Å². The highest BCUT2D eigenvalue weighted by Crippen LogP contribution is 2.29. The van der Waals surface area contributed by atoms with Crippen LogP contribution in [0.4, 0.5) is 0 Å². The molecule has 0 aromatic rings. The molecule has 0 aliphatic heterocycles. The van der Waals surface area contributed by atoms with Crippen LogP contribution < -0.4 is 0 Å². The number of unbranched alkanes of at least 4 members (excludes halogenated alkanes) is 1. The lowest BCUT2D eigenvalue weighted by molar-refractivity contribution is -0.139. The van der Waals surface area contributed by atoms with E-state index < -0.39 is 0 Å². The van der Waals surface area contributed by atoms with Crippen LogP contribution in [0.3, 0.4) is 0 Å². The SMILES string of the molecule is CCOC(=O)/C1=C(/CCCC/C2=C(/C(=O)OCC)CCCCC(=O)C2)CC(=O)CCCC1. The summed E-state index contributed by atoms with van der Waals surface area (Å²) in [5.41, 5.74) is 3.16. The number of hydrogen-bond donors (Lipinski definition) is 0. The Labute approximate surface area is 191 Å². The van der Waals surface area contributed by atoms with Gasteiger partial charge in [-0.15, -0.1) is 0 Å². The van der Waals surface area contributed by atoms with E-state index in [0.29, 0.717) is 75.7 Å². The Morgan fingerprint density at radius 3 is 1.41 bits per heavy atom. The lowest BCUT2D eigenvalue weighted by Gasteiger charge is -2.19. The topological polar surface area (TPSA) is 86.7 Å². The molecule has 6 nitrogen and oxygen atoms in total. The van der Waals surface area contributed by atoms with Crippen LogP contribution in [-0.4, -0.2) is 36.7 Å². The second-order valence-electron chi connectivity index (χ2n) is 8.66. The van der Waals surface area contributed by atoms with Gasteiger partial charge in [0.25, 0.3) is 0 Å². The summed E-state index contributed by atoms with van der Waals surface area (Å²) in [7, 11) is 0. The van der Waals surface area contributed by atoms with E-state index in [0.717, 1.165) is 49.7 Å². The standard InChI is InChI=1S/C26H38O6/c1-3-31-25(29)23-15-9-7-13-21(27)17-19(23)11-5-6-12-20-18-22(28)14-8-10-16-24(20)26(30)32-4-2/h3-18H2,1-2H3/b23-19-,24-20-. The van der Waals surface area contributed by atoms with Crippen LogP contribution in [0.1, 0.15) is 104 Å². The van der Waals surface area contributed by atoms with Gasteiger partial charge in [-0.1, -0.05) is 11.1 Å². The van der Waals surface area contributed by atoms with Crippen LogP contribution in [-0.2, 0) is 28.7 Å². The summed E-state index contributed by atoms with van der Waals surface area (Å²) in [6.07, 6.45) is 9.28. The van der Waals surface area contributed by atoms with Gasteiger partial charge >= 0.3 is 11.9 Å². The average Bonchev–Trinajstić information content (AvgIpc) is 2.72. The molecule has 0 N–H and O–H groups in total. The first-order chi connectivity index (χ1) is 15.5.